The molecule has 1 aliphatic heterocycles. The molecule has 0 spiro atoms. The molecule has 0 N–H and O–H groups in total. The molecule has 0 bridgehead atoms. The Morgan fingerprint density at radius 2 is 2.50 bits per heavy atom. The van der Waals surface area contributed by atoms with Crippen molar-refractivity contribution in [2.45, 2.75) is 38.6 Å². The predicted molar refractivity (Wildman–Crippen MR) is 46.2 cm³/mol. The number of unbranched alkanes of at least 4 members (excludes halogenated alkanes) is 1. The van der Waals surface area contributed by atoms with Crippen LogP contribution in [0, 0.1) is 11.3 Å². The molecule has 1 fully saturated rings. The van der Waals surface area contributed by atoms with Gasteiger partial charge >= 0.3 is 0 Å². The van der Waals surface area contributed by atoms with Crippen LogP contribution in [0.3, 0.4) is 0 Å². The Balaban J connectivity index is 2.18. The van der Waals surface area contributed by atoms with E-state index in [2.05, 4.69) is 13.0 Å². The lowest BCUT2D eigenvalue weighted by molar-refractivity contribution is -0.158. The Hall–Kier alpha value is -0.590. The Morgan fingerprint density at radius 1 is 1.67 bits per heavy atom. The molecule has 3 nitrogen and oxygen atoms in total. The van der Waals surface area contributed by atoms with Gasteiger partial charge in [0.2, 0.25) is 0 Å². The second-order valence-electron chi connectivity index (χ2n) is 3.11. The summed E-state index contributed by atoms with van der Waals surface area (Å²) in [6.45, 7) is 3.81. The number of nitrogens with zero attached hydrogens (tertiary/aromatic N) is 2. The summed E-state index contributed by atoms with van der Waals surface area (Å²) in [5, 5.41) is 10.6. The average molecular weight is 168 g/mol. The highest BCUT2D eigenvalue weighted by molar-refractivity contribution is 4.92. The largest absolute Gasteiger partial charge is 0.298 e. The zero-order valence-corrected chi connectivity index (χ0v) is 7.62. The summed E-state index contributed by atoms with van der Waals surface area (Å²) in [6.07, 6.45) is 4.27. The van der Waals surface area contributed by atoms with E-state index < -0.39 is 0 Å². The monoisotopic (exact) mass is 168 g/mol. The first-order valence-electron chi connectivity index (χ1n) is 4.67. The molecule has 1 atom stereocenters. The van der Waals surface area contributed by atoms with Crippen LogP contribution in [0.1, 0.15) is 32.6 Å². The van der Waals surface area contributed by atoms with E-state index in [1.807, 2.05) is 5.06 Å². The van der Waals surface area contributed by atoms with E-state index in [4.69, 9.17) is 10.1 Å². The highest BCUT2D eigenvalue weighted by atomic mass is 16.7. The average Bonchev–Trinajstić information content (AvgIpc) is 2.52. The third kappa shape index (κ3) is 2.47. The topological polar surface area (TPSA) is 36.3 Å². The second kappa shape index (κ2) is 5.13. The minimum Gasteiger partial charge on any atom is -0.298 e. The van der Waals surface area contributed by atoms with Gasteiger partial charge in [-0.25, -0.2) is 0 Å². The molecule has 1 unspecified atom stereocenters. The van der Waals surface area contributed by atoms with Gasteiger partial charge < -0.3 is 0 Å². The molecule has 0 aliphatic carbocycles. The summed E-state index contributed by atoms with van der Waals surface area (Å²) >= 11 is 0. The van der Waals surface area contributed by atoms with Crippen molar-refractivity contribution in [3.8, 4) is 6.07 Å². The smallest absolute Gasteiger partial charge is 0.122 e. The lowest BCUT2D eigenvalue weighted by atomic mass is 10.2. The van der Waals surface area contributed by atoms with E-state index in [1.54, 1.807) is 0 Å². The molecule has 3 heteroatoms. The second-order valence-corrected chi connectivity index (χ2v) is 3.11. The first-order chi connectivity index (χ1) is 5.88. The first-order valence-corrected chi connectivity index (χ1v) is 4.67. The van der Waals surface area contributed by atoms with Gasteiger partial charge in [0, 0.05) is 6.54 Å². The molecule has 68 valence electrons. The molecule has 0 aromatic rings. The highest BCUT2D eigenvalue weighted by Gasteiger charge is 2.24. The van der Waals surface area contributed by atoms with Gasteiger partial charge in [-0.3, -0.25) is 4.84 Å². The number of hydrogen-bond donors (Lipinski definition) is 0. The summed E-state index contributed by atoms with van der Waals surface area (Å²) in [5.74, 6) is 0. The minimum absolute atomic E-state index is 0.00172. The Bertz CT molecular complexity index is 164. The van der Waals surface area contributed by atoms with Crippen LogP contribution in [0.25, 0.3) is 0 Å². The molecule has 1 heterocycles. The number of hydrogen-bond acceptors (Lipinski definition) is 3. The summed E-state index contributed by atoms with van der Waals surface area (Å²) < 4.78 is 0. The molecule has 12 heavy (non-hydrogen) atoms. The normalized spacial score (nSPS) is 24.2. The van der Waals surface area contributed by atoms with Crippen molar-refractivity contribution in [3.63, 3.8) is 0 Å². The molecule has 1 rings (SSSR count). The van der Waals surface area contributed by atoms with Crippen LogP contribution in [0.5, 0.6) is 0 Å². The molecule has 0 saturated carbocycles. The fourth-order valence-corrected chi connectivity index (χ4v) is 1.35. The predicted octanol–water partition coefficient (Wildman–Crippen LogP) is 1.71. The maximum Gasteiger partial charge on any atom is 0.122 e. The summed E-state index contributed by atoms with van der Waals surface area (Å²) in [4.78, 5) is 5.46. The van der Waals surface area contributed by atoms with Gasteiger partial charge in [-0.2, -0.15) is 10.3 Å². The van der Waals surface area contributed by atoms with Gasteiger partial charge in [0.25, 0.3) is 0 Å². The molecule has 0 aromatic heterocycles. The van der Waals surface area contributed by atoms with Gasteiger partial charge in [-0.1, -0.05) is 13.3 Å². The van der Waals surface area contributed by atoms with Gasteiger partial charge in [0.05, 0.1) is 12.7 Å². The molecular formula is C9H16N2O. The van der Waals surface area contributed by atoms with Crippen molar-refractivity contribution in [1.82, 2.24) is 5.06 Å². The summed E-state index contributed by atoms with van der Waals surface area (Å²) in [6, 6.07) is 2.24. The zero-order valence-electron chi connectivity index (χ0n) is 7.62. The van der Waals surface area contributed by atoms with Crippen molar-refractivity contribution in [1.29, 1.82) is 5.26 Å². The van der Waals surface area contributed by atoms with Crippen LogP contribution in [-0.4, -0.2) is 24.3 Å². The van der Waals surface area contributed by atoms with Crippen LogP contribution >= 0.6 is 0 Å². The summed E-state index contributed by atoms with van der Waals surface area (Å²) in [7, 11) is 0. The quantitative estimate of drug-likeness (QED) is 0.599. The van der Waals surface area contributed by atoms with Crippen molar-refractivity contribution in [2.24, 2.45) is 0 Å². The van der Waals surface area contributed by atoms with E-state index in [9.17, 15) is 0 Å². The third-order valence-electron chi connectivity index (χ3n) is 2.11. The molecule has 0 radical (unpaired) electrons. The van der Waals surface area contributed by atoms with Gasteiger partial charge in [-0.15, -0.1) is 0 Å². The van der Waals surface area contributed by atoms with Crippen LogP contribution < -0.4 is 0 Å². The Labute approximate surface area is 73.9 Å². The van der Waals surface area contributed by atoms with Crippen molar-refractivity contribution < 1.29 is 4.84 Å². The number of rotatable bonds is 4. The van der Waals surface area contributed by atoms with E-state index in [-0.39, 0.29) is 6.04 Å². The fraction of sp³-hybridized carbons (Fsp3) is 0.889. The van der Waals surface area contributed by atoms with Crippen LogP contribution in [0.2, 0.25) is 0 Å². The maximum atomic E-state index is 8.72. The minimum atomic E-state index is 0.00172. The molecule has 1 saturated heterocycles. The van der Waals surface area contributed by atoms with Gasteiger partial charge in [0.15, 0.2) is 0 Å². The Kier molecular flexibility index (Phi) is 4.06. The first kappa shape index (κ1) is 9.50. The maximum absolute atomic E-state index is 8.72. The van der Waals surface area contributed by atoms with Gasteiger partial charge in [0.1, 0.15) is 6.04 Å². The molecule has 1 aliphatic rings. The zero-order chi connectivity index (χ0) is 8.81. The van der Waals surface area contributed by atoms with Crippen molar-refractivity contribution in [2.75, 3.05) is 13.2 Å². The van der Waals surface area contributed by atoms with Gasteiger partial charge in [-0.05, 0) is 19.3 Å². The van der Waals surface area contributed by atoms with Crippen molar-refractivity contribution in [3.05, 3.63) is 0 Å². The lowest BCUT2D eigenvalue weighted by Gasteiger charge is -2.17. The highest BCUT2D eigenvalue weighted by Crippen LogP contribution is 2.16. The summed E-state index contributed by atoms with van der Waals surface area (Å²) in [5.41, 5.74) is 0. The fourth-order valence-electron chi connectivity index (χ4n) is 1.35. The molecule has 0 aromatic carbocycles. The van der Waals surface area contributed by atoms with Crippen LogP contribution in [-0.2, 0) is 4.84 Å². The third-order valence-corrected chi connectivity index (χ3v) is 2.11. The van der Waals surface area contributed by atoms with Crippen molar-refractivity contribution >= 4 is 0 Å². The number of nitriles is 1. The van der Waals surface area contributed by atoms with Crippen LogP contribution in [0.15, 0.2) is 0 Å². The van der Waals surface area contributed by atoms with E-state index in [1.165, 1.54) is 0 Å². The van der Waals surface area contributed by atoms with E-state index in [0.29, 0.717) is 0 Å². The van der Waals surface area contributed by atoms with E-state index >= 15 is 0 Å². The molecular weight excluding hydrogens is 152 g/mol. The standard InChI is InChI=1S/C9H16N2O/c1-2-3-7-12-11-6-4-5-9(11)8-10/h9H,2-7H2,1H3. The van der Waals surface area contributed by atoms with E-state index in [0.717, 1.165) is 38.8 Å². The lowest BCUT2D eigenvalue weighted by Crippen LogP contribution is -2.28. The Morgan fingerprint density at radius 3 is 3.17 bits per heavy atom. The molecule has 0 amide bonds. The SMILES string of the molecule is CCCCON1CCCC1C#N. The van der Waals surface area contributed by atoms with Crippen LogP contribution in [0.4, 0.5) is 0 Å². The number of hydroxylamine groups is 2.